The van der Waals surface area contributed by atoms with Crippen molar-refractivity contribution >= 4 is 11.8 Å². The molecule has 0 bridgehead atoms. The Balaban J connectivity index is 2.47. The minimum absolute atomic E-state index is 0.108. The van der Waals surface area contributed by atoms with Gasteiger partial charge in [0.1, 0.15) is 5.75 Å². The third-order valence-electron chi connectivity index (χ3n) is 2.46. The van der Waals surface area contributed by atoms with E-state index in [2.05, 4.69) is 24.5 Å². The minimum atomic E-state index is -0.176. The second-order valence-corrected chi connectivity index (χ2v) is 4.97. The van der Waals surface area contributed by atoms with E-state index in [9.17, 15) is 9.59 Å². The highest BCUT2D eigenvalue weighted by molar-refractivity contribution is 5.94. The van der Waals surface area contributed by atoms with Gasteiger partial charge in [-0.1, -0.05) is 19.9 Å². The van der Waals surface area contributed by atoms with Crippen molar-refractivity contribution in [2.75, 3.05) is 19.7 Å². The molecule has 0 aliphatic heterocycles. The highest BCUT2D eigenvalue weighted by Gasteiger charge is 2.06. The molecule has 0 unspecified atom stereocenters. The summed E-state index contributed by atoms with van der Waals surface area (Å²) >= 11 is 0. The van der Waals surface area contributed by atoms with E-state index < -0.39 is 0 Å². The fourth-order valence-corrected chi connectivity index (χ4v) is 1.51. The zero-order valence-corrected chi connectivity index (χ0v) is 12.2. The summed E-state index contributed by atoms with van der Waals surface area (Å²) in [6, 6.07) is 7.07. The molecule has 0 atom stereocenters. The smallest absolute Gasteiger partial charge is 0.251 e. The Morgan fingerprint density at radius 2 is 1.90 bits per heavy atom. The fraction of sp³-hybridized carbons (Fsp3) is 0.467. The average Bonchev–Trinajstić information content (AvgIpc) is 2.41. The van der Waals surface area contributed by atoms with Crippen LogP contribution in [0.1, 0.15) is 31.1 Å². The highest BCUT2D eigenvalue weighted by atomic mass is 16.5. The number of amides is 2. The molecule has 0 heterocycles. The second kappa shape index (κ2) is 8.19. The Kier molecular flexibility index (Phi) is 6.56. The van der Waals surface area contributed by atoms with Crippen LogP contribution in [0.5, 0.6) is 5.75 Å². The standard InChI is InChI=1S/C15H22N2O3/c1-11(2)10-20-14-6-4-5-13(9-14)15(19)17-8-7-16-12(3)18/h4-6,9,11H,7-8,10H2,1-3H3,(H,16,18)(H,17,19). The van der Waals surface area contributed by atoms with E-state index in [0.717, 1.165) is 0 Å². The molecular weight excluding hydrogens is 256 g/mol. The van der Waals surface area contributed by atoms with Gasteiger partial charge in [-0.15, -0.1) is 0 Å². The van der Waals surface area contributed by atoms with Crippen molar-refractivity contribution in [1.29, 1.82) is 0 Å². The zero-order valence-electron chi connectivity index (χ0n) is 12.2. The lowest BCUT2D eigenvalue weighted by Gasteiger charge is -2.10. The molecule has 1 aromatic rings. The normalized spacial score (nSPS) is 10.2. The van der Waals surface area contributed by atoms with E-state index in [1.807, 2.05) is 6.07 Å². The molecule has 110 valence electrons. The fourth-order valence-electron chi connectivity index (χ4n) is 1.51. The average molecular weight is 278 g/mol. The molecule has 0 fully saturated rings. The molecule has 20 heavy (non-hydrogen) atoms. The first-order valence-corrected chi connectivity index (χ1v) is 6.74. The van der Waals surface area contributed by atoms with Gasteiger partial charge in [0, 0.05) is 25.6 Å². The lowest BCUT2D eigenvalue weighted by molar-refractivity contribution is -0.118. The first-order chi connectivity index (χ1) is 9.49. The van der Waals surface area contributed by atoms with Crippen molar-refractivity contribution in [1.82, 2.24) is 10.6 Å². The zero-order chi connectivity index (χ0) is 15.0. The Hall–Kier alpha value is -2.04. The van der Waals surface area contributed by atoms with Gasteiger partial charge in [-0.05, 0) is 24.1 Å². The molecular formula is C15H22N2O3. The molecule has 1 aromatic carbocycles. The molecule has 0 aromatic heterocycles. The Bertz CT molecular complexity index is 458. The first-order valence-electron chi connectivity index (χ1n) is 6.74. The summed E-state index contributed by atoms with van der Waals surface area (Å²) in [5.74, 6) is 0.840. The van der Waals surface area contributed by atoms with E-state index in [4.69, 9.17) is 4.74 Å². The molecule has 0 saturated heterocycles. The minimum Gasteiger partial charge on any atom is -0.493 e. The molecule has 0 radical (unpaired) electrons. The number of benzene rings is 1. The number of carbonyl (C=O) groups is 2. The van der Waals surface area contributed by atoms with Crippen molar-refractivity contribution in [2.24, 2.45) is 5.92 Å². The number of hydrogen-bond donors (Lipinski definition) is 2. The van der Waals surface area contributed by atoms with E-state index >= 15 is 0 Å². The van der Waals surface area contributed by atoms with Gasteiger partial charge >= 0.3 is 0 Å². The third-order valence-corrected chi connectivity index (χ3v) is 2.46. The van der Waals surface area contributed by atoms with Crippen LogP contribution in [0.4, 0.5) is 0 Å². The van der Waals surface area contributed by atoms with Crippen LogP contribution in [0.3, 0.4) is 0 Å². The molecule has 0 spiro atoms. The molecule has 2 amide bonds. The quantitative estimate of drug-likeness (QED) is 0.744. The van der Waals surface area contributed by atoms with Crippen molar-refractivity contribution in [2.45, 2.75) is 20.8 Å². The van der Waals surface area contributed by atoms with Crippen LogP contribution < -0.4 is 15.4 Å². The van der Waals surface area contributed by atoms with Crippen molar-refractivity contribution in [3.05, 3.63) is 29.8 Å². The van der Waals surface area contributed by atoms with E-state index in [-0.39, 0.29) is 11.8 Å². The van der Waals surface area contributed by atoms with Crippen molar-refractivity contribution in [3.63, 3.8) is 0 Å². The van der Waals surface area contributed by atoms with Gasteiger partial charge in [0.25, 0.3) is 5.91 Å². The SMILES string of the molecule is CC(=O)NCCNC(=O)c1cccc(OCC(C)C)c1. The number of hydrogen-bond acceptors (Lipinski definition) is 3. The molecule has 0 aliphatic rings. The van der Waals surface area contributed by atoms with Gasteiger partial charge in [0.05, 0.1) is 6.61 Å². The summed E-state index contributed by atoms with van der Waals surface area (Å²) in [6.07, 6.45) is 0. The van der Waals surface area contributed by atoms with Crippen LogP contribution >= 0.6 is 0 Å². The predicted molar refractivity (Wildman–Crippen MR) is 77.8 cm³/mol. The Labute approximate surface area is 119 Å². The maximum atomic E-state index is 11.9. The van der Waals surface area contributed by atoms with Crippen LogP contribution in [0.2, 0.25) is 0 Å². The molecule has 0 aliphatic carbocycles. The second-order valence-electron chi connectivity index (χ2n) is 4.97. The molecule has 5 nitrogen and oxygen atoms in total. The maximum Gasteiger partial charge on any atom is 0.251 e. The number of nitrogens with one attached hydrogen (secondary N) is 2. The summed E-state index contributed by atoms with van der Waals surface area (Å²) < 4.78 is 5.58. The van der Waals surface area contributed by atoms with Gasteiger partial charge in [-0.2, -0.15) is 0 Å². The van der Waals surface area contributed by atoms with Crippen LogP contribution in [0.25, 0.3) is 0 Å². The topological polar surface area (TPSA) is 67.4 Å². The largest absolute Gasteiger partial charge is 0.493 e. The summed E-state index contributed by atoms with van der Waals surface area (Å²) in [4.78, 5) is 22.6. The van der Waals surface area contributed by atoms with Gasteiger partial charge in [0.15, 0.2) is 0 Å². The third kappa shape index (κ3) is 6.22. The van der Waals surface area contributed by atoms with E-state index in [1.54, 1.807) is 18.2 Å². The van der Waals surface area contributed by atoms with Crippen molar-refractivity contribution < 1.29 is 14.3 Å². The lowest BCUT2D eigenvalue weighted by atomic mass is 10.2. The van der Waals surface area contributed by atoms with E-state index in [0.29, 0.717) is 36.9 Å². The summed E-state index contributed by atoms with van der Waals surface area (Å²) in [5.41, 5.74) is 0.550. The van der Waals surface area contributed by atoms with Crippen LogP contribution in [0.15, 0.2) is 24.3 Å². The van der Waals surface area contributed by atoms with E-state index in [1.165, 1.54) is 6.92 Å². The lowest BCUT2D eigenvalue weighted by Crippen LogP contribution is -2.33. The molecule has 0 saturated carbocycles. The van der Waals surface area contributed by atoms with Gasteiger partial charge < -0.3 is 15.4 Å². The highest BCUT2D eigenvalue weighted by Crippen LogP contribution is 2.14. The molecule has 2 N–H and O–H groups in total. The Morgan fingerprint density at radius 3 is 2.55 bits per heavy atom. The molecule has 5 heteroatoms. The number of ether oxygens (including phenoxy) is 1. The van der Waals surface area contributed by atoms with Crippen molar-refractivity contribution in [3.8, 4) is 5.75 Å². The van der Waals surface area contributed by atoms with Gasteiger partial charge in [-0.3, -0.25) is 9.59 Å². The van der Waals surface area contributed by atoms with Crippen LogP contribution in [-0.2, 0) is 4.79 Å². The summed E-state index contributed by atoms with van der Waals surface area (Å²) in [6.45, 7) is 7.02. The first kappa shape index (κ1) is 16.0. The van der Waals surface area contributed by atoms with Crippen LogP contribution in [0, 0.1) is 5.92 Å². The predicted octanol–water partition coefficient (Wildman–Crippen LogP) is 1.59. The van der Waals surface area contributed by atoms with Crippen LogP contribution in [-0.4, -0.2) is 31.5 Å². The molecule has 1 rings (SSSR count). The number of rotatable bonds is 7. The number of carbonyl (C=O) groups excluding carboxylic acids is 2. The van der Waals surface area contributed by atoms with Gasteiger partial charge in [0.2, 0.25) is 5.91 Å². The Morgan fingerprint density at radius 1 is 1.20 bits per heavy atom. The summed E-state index contributed by atoms with van der Waals surface area (Å²) in [7, 11) is 0. The van der Waals surface area contributed by atoms with Gasteiger partial charge in [-0.25, -0.2) is 0 Å². The maximum absolute atomic E-state index is 11.9. The summed E-state index contributed by atoms with van der Waals surface area (Å²) in [5, 5.41) is 5.36. The monoisotopic (exact) mass is 278 g/mol.